The van der Waals surface area contributed by atoms with Crippen molar-refractivity contribution in [1.29, 1.82) is 0 Å². The van der Waals surface area contributed by atoms with Crippen molar-refractivity contribution in [1.82, 2.24) is 0 Å². The number of hydrogen-bond acceptors (Lipinski definition) is 2. The summed E-state index contributed by atoms with van der Waals surface area (Å²) in [5, 5.41) is 6.71. The van der Waals surface area contributed by atoms with Crippen LogP contribution in [0.1, 0.15) is 11.1 Å². The number of halogens is 1. The van der Waals surface area contributed by atoms with E-state index in [1.54, 1.807) is 0 Å². The molecule has 0 N–H and O–H groups in total. The number of anilines is 1. The highest BCUT2D eigenvalue weighted by atomic mass is 35.5. The van der Waals surface area contributed by atoms with E-state index in [-0.39, 0.29) is 12.4 Å². The molecule has 2 aromatic rings. The fourth-order valence-corrected chi connectivity index (χ4v) is 2.20. The molecule has 1 aliphatic heterocycles. The Labute approximate surface area is 125 Å². The van der Waals surface area contributed by atoms with Crippen molar-refractivity contribution in [3.05, 3.63) is 59.7 Å². The molecule has 1 aliphatic rings. The van der Waals surface area contributed by atoms with Gasteiger partial charge in [-0.05, 0) is 38.1 Å². The third kappa shape index (κ3) is 2.99. The molecule has 4 heteroatoms. The molecule has 3 nitrogen and oxygen atoms in total. The molecule has 0 unspecified atom stereocenters. The molecule has 0 aliphatic carbocycles. The Kier molecular flexibility index (Phi) is 4.40. The Morgan fingerprint density at radius 1 is 0.900 bits per heavy atom. The highest BCUT2D eigenvalue weighted by Gasteiger charge is 2.24. The van der Waals surface area contributed by atoms with Crippen LogP contribution in [0.25, 0.3) is 0 Å². The van der Waals surface area contributed by atoms with Crippen LogP contribution < -0.4 is 17.4 Å². The van der Waals surface area contributed by atoms with Crippen molar-refractivity contribution in [3.8, 4) is 0 Å². The van der Waals surface area contributed by atoms with Gasteiger partial charge in [0.05, 0.1) is 5.22 Å². The van der Waals surface area contributed by atoms with Gasteiger partial charge in [0.1, 0.15) is 11.4 Å². The van der Waals surface area contributed by atoms with Crippen molar-refractivity contribution < 1.29 is 17.1 Å². The lowest BCUT2D eigenvalue weighted by molar-refractivity contribution is -0.496. The molecule has 104 valence electrons. The van der Waals surface area contributed by atoms with Gasteiger partial charge in [-0.3, -0.25) is 0 Å². The van der Waals surface area contributed by atoms with Crippen LogP contribution in [0.4, 0.5) is 11.4 Å². The van der Waals surface area contributed by atoms with E-state index >= 15 is 0 Å². The molecule has 0 radical (unpaired) electrons. The van der Waals surface area contributed by atoms with Crippen LogP contribution in [-0.4, -0.2) is 17.8 Å². The maximum Gasteiger partial charge on any atom is 0.153 e. The molecule has 1 heterocycles. The zero-order valence-corrected chi connectivity index (χ0v) is 12.5. The van der Waals surface area contributed by atoms with Crippen LogP contribution in [0, 0.1) is 13.8 Å². The van der Waals surface area contributed by atoms with E-state index in [4.69, 9.17) is 0 Å². The van der Waals surface area contributed by atoms with Gasteiger partial charge in [-0.1, -0.05) is 35.4 Å². The van der Waals surface area contributed by atoms with E-state index < -0.39 is 0 Å². The smallest absolute Gasteiger partial charge is 0.153 e. The van der Waals surface area contributed by atoms with Crippen LogP contribution >= 0.6 is 0 Å². The minimum atomic E-state index is 0. The monoisotopic (exact) mass is 287 g/mol. The summed E-state index contributed by atoms with van der Waals surface area (Å²) in [6, 6.07) is 17.0. The van der Waals surface area contributed by atoms with Gasteiger partial charge in [-0.2, -0.15) is 0 Å². The number of benzene rings is 2. The molecule has 0 spiro atoms. The molecule has 0 fully saturated rings. The van der Waals surface area contributed by atoms with Gasteiger partial charge in [-0.15, -0.1) is 9.71 Å². The first-order valence-corrected chi connectivity index (χ1v) is 6.62. The summed E-state index contributed by atoms with van der Waals surface area (Å²) < 4.78 is 2.05. The van der Waals surface area contributed by atoms with Gasteiger partial charge in [0, 0.05) is 0 Å². The fraction of sp³-hybridized carbons (Fsp3) is 0.250. The Hall–Kier alpha value is -1.87. The molecule has 0 amide bonds. The van der Waals surface area contributed by atoms with E-state index in [9.17, 15) is 0 Å². The van der Waals surface area contributed by atoms with Crippen molar-refractivity contribution in [3.63, 3.8) is 0 Å². The molecule has 0 saturated carbocycles. The first kappa shape index (κ1) is 14.5. The van der Waals surface area contributed by atoms with Gasteiger partial charge in [0.15, 0.2) is 13.1 Å². The first-order chi connectivity index (χ1) is 9.22. The van der Waals surface area contributed by atoms with Crippen molar-refractivity contribution in [2.45, 2.75) is 13.8 Å². The average Bonchev–Trinajstić information content (AvgIpc) is 2.90. The molecule has 3 rings (SSSR count). The zero-order chi connectivity index (χ0) is 13.2. The molecule has 2 aromatic carbocycles. The topological polar surface area (TPSA) is 18.6 Å². The highest BCUT2D eigenvalue weighted by molar-refractivity contribution is 5.46. The summed E-state index contributed by atoms with van der Waals surface area (Å²) >= 11 is 0. The van der Waals surface area contributed by atoms with Crippen LogP contribution in [0.3, 0.4) is 0 Å². The summed E-state index contributed by atoms with van der Waals surface area (Å²) in [6.07, 6.45) is 0. The number of hydrogen-bond donors (Lipinski definition) is 0. The molecule has 0 atom stereocenters. The molecule has 0 aromatic heterocycles. The lowest BCUT2D eigenvalue weighted by Crippen LogP contribution is -3.00. The lowest BCUT2D eigenvalue weighted by atomic mass is 10.2. The van der Waals surface area contributed by atoms with Crippen LogP contribution in [0.2, 0.25) is 0 Å². The number of rotatable bonds is 2. The third-order valence-corrected chi connectivity index (χ3v) is 3.40. The Morgan fingerprint density at radius 2 is 1.45 bits per heavy atom. The van der Waals surface area contributed by atoms with Gasteiger partial charge < -0.3 is 12.4 Å². The van der Waals surface area contributed by atoms with Crippen LogP contribution in [0.15, 0.2) is 53.8 Å². The van der Waals surface area contributed by atoms with Gasteiger partial charge >= 0.3 is 0 Å². The van der Waals surface area contributed by atoms with Gasteiger partial charge in [0.25, 0.3) is 0 Å². The lowest BCUT2D eigenvalue weighted by Gasteiger charge is -2.02. The number of nitrogens with zero attached hydrogens (tertiary/aromatic N) is 3. The Morgan fingerprint density at radius 3 is 2.05 bits per heavy atom. The van der Waals surface area contributed by atoms with E-state index in [1.165, 1.54) is 11.1 Å². The quantitative estimate of drug-likeness (QED) is 0.749. The van der Waals surface area contributed by atoms with E-state index in [1.807, 2.05) is 0 Å². The average molecular weight is 288 g/mol. The minimum Gasteiger partial charge on any atom is -1.00 e. The zero-order valence-electron chi connectivity index (χ0n) is 11.8. The standard InChI is InChI=1S/C16H18N3.ClH/c1-13-3-7-15(8-4-13)18-11-12-19(17-18)16-9-5-14(2)6-10-16;/h3-10H,11-12H2,1-2H3;1H/q+1;/p-1. The van der Waals surface area contributed by atoms with Crippen molar-refractivity contribution >= 4 is 11.4 Å². The maximum absolute atomic E-state index is 4.65. The predicted octanol–water partition coefficient (Wildman–Crippen LogP) is 0.839. The fourth-order valence-electron chi connectivity index (χ4n) is 2.20. The van der Waals surface area contributed by atoms with Crippen molar-refractivity contribution in [2.75, 3.05) is 18.1 Å². The maximum atomic E-state index is 4.65. The predicted molar refractivity (Wildman–Crippen MR) is 76.9 cm³/mol. The third-order valence-electron chi connectivity index (χ3n) is 3.40. The first-order valence-electron chi connectivity index (χ1n) is 6.62. The highest BCUT2D eigenvalue weighted by Crippen LogP contribution is 2.22. The van der Waals surface area contributed by atoms with E-state index in [0.717, 1.165) is 24.5 Å². The molecular formula is C16H18ClN3. The SMILES string of the molecule is Cc1ccc(N2CC[N+](c3ccc(C)cc3)=N2)cc1.[Cl-]. The number of aryl methyl sites for hydroxylation is 2. The van der Waals surface area contributed by atoms with Crippen molar-refractivity contribution in [2.24, 2.45) is 5.22 Å². The minimum absolute atomic E-state index is 0. The van der Waals surface area contributed by atoms with Gasteiger partial charge in [0.2, 0.25) is 0 Å². The largest absolute Gasteiger partial charge is 1.00 e. The van der Waals surface area contributed by atoms with Crippen LogP contribution in [0.5, 0.6) is 0 Å². The normalized spacial score (nSPS) is 13.9. The Bertz CT molecular complexity index is 603. The molecule has 0 saturated heterocycles. The van der Waals surface area contributed by atoms with Gasteiger partial charge in [-0.25, -0.2) is 0 Å². The summed E-state index contributed by atoms with van der Waals surface area (Å²) in [5.74, 6) is 0. The van der Waals surface area contributed by atoms with E-state index in [0.29, 0.717) is 0 Å². The van der Waals surface area contributed by atoms with E-state index in [2.05, 4.69) is 77.3 Å². The Balaban J connectivity index is 0.00000147. The second kappa shape index (κ2) is 6.06. The summed E-state index contributed by atoms with van der Waals surface area (Å²) in [6.45, 7) is 6.06. The summed E-state index contributed by atoms with van der Waals surface area (Å²) in [4.78, 5) is 0. The second-order valence-electron chi connectivity index (χ2n) is 5.01. The molecule has 0 bridgehead atoms. The second-order valence-corrected chi connectivity index (χ2v) is 5.01. The summed E-state index contributed by atoms with van der Waals surface area (Å²) in [5.41, 5.74) is 4.86. The van der Waals surface area contributed by atoms with Crippen LogP contribution in [-0.2, 0) is 0 Å². The summed E-state index contributed by atoms with van der Waals surface area (Å²) in [7, 11) is 0. The molecular weight excluding hydrogens is 270 g/mol. The molecule has 20 heavy (non-hydrogen) atoms.